The summed E-state index contributed by atoms with van der Waals surface area (Å²) in [4.78, 5) is 35.8. The number of carbonyl (C=O) groups is 1. The Morgan fingerprint density at radius 3 is 2.38 bits per heavy atom. The Morgan fingerprint density at radius 2 is 1.77 bits per heavy atom. The van der Waals surface area contributed by atoms with E-state index in [1.807, 2.05) is 0 Å². The summed E-state index contributed by atoms with van der Waals surface area (Å²) < 4.78 is 43.2. The van der Waals surface area contributed by atoms with Gasteiger partial charge in [0.2, 0.25) is 5.91 Å². The molecule has 1 heterocycles. The highest BCUT2D eigenvalue weighted by atomic mass is 19.4. The monoisotopic (exact) mass is 371 g/mol. The number of methoxy groups -OCH3 is 1. The molecule has 0 radical (unpaired) electrons. The van der Waals surface area contributed by atoms with Gasteiger partial charge in [-0.15, -0.1) is 0 Å². The van der Waals surface area contributed by atoms with Crippen LogP contribution in [0.2, 0.25) is 0 Å². The van der Waals surface area contributed by atoms with Crippen LogP contribution in [0.5, 0.6) is 5.75 Å². The second-order valence-electron chi connectivity index (χ2n) is 5.53. The highest BCUT2D eigenvalue weighted by Gasteiger charge is 2.28. The summed E-state index contributed by atoms with van der Waals surface area (Å²) in [6.07, 6.45) is -2.86. The van der Waals surface area contributed by atoms with Crippen LogP contribution >= 0.6 is 0 Å². The fourth-order valence-electron chi connectivity index (χ4n) is 2.25. The van der Waals surface area contributed by atoms with Gasteiger partial charge >= 0.3 is 17.3 Å². The predicted molar refractivity (Wildman–Crippen MR) is 87.4 cm³/mol. The molecule has 2 rings (SSSR count). The van der Waals surface area contributed by atoms with E-state index in [2.05, 4.69) is 5.32 Å². The number of hydrogen-bond donors (Lipinski definition) is 1. The van der Waals surface area contributed by atoms with Crippen molar-refractivity contribution < 1.29 is 22.7 Å². The molecule has 0 spiro atoms. The molecule has 0 aliphatic heterocycles. The lowest BCUT2D eigenvalue weighted by molar-refractivity contribution is -0.141. The number of rotatable bonds is 5. The summed E-state index contributed by atoms with van der Waals surface area (Å²) in [5.41, 5.74) is -1.35. The molecule has 2 aromatic rings. The molecule has 0 saturated heterocycles. The first-order valence-corrected chi connectivity index (χ1v) is 7.42. The number of nitrogens with one attached hydrogen (secondary N) is 1. The number of halogens is 3. The fraction of sp³-hybridized carbons (Fsp3) is 0.312. The van der Waals surface area contributed by atoms with Gasteiger partial charge < -0.3 is 14.6 Å². The van der Waals surface area contributed by atoms with Crippen molar-refractivity contribution in [1.29, 1.82) is 0 Å². The van der Waals surface area contributed by atoms with Crippen LogP contribution in [0.1, 0.15) is 5.56 Å². The number of aryl methyl sites for hydroxylation is 1. The Hall–Kier alpha value is -3.04. The minimum absolute atomic E-state index is 0.250. The van der Waals surface area contributed by atoms with E-state index in [4.69, 9.17) is 4.74 Å². The van der Waals surface area contributed by atoms with Gasteiger partial charge in [-0.3, -0.25) is 19.0 Å². The predicted octanol–water partition coefficient (Wildman–Crippen LogP) is 1.53. The average Bonchev–Trinajstić information content (AvgIpc) is 2.54. The molecule has 1 aromatic heterocycles. The largest absolute Gasteiger partial charge is 0.495 e. The van der Waals surface area contributed by atoms with Crippen molar-refractivity contribution >= 4 is 11.6 Å². The lowest BCUT2D eigenvalue weighted by atomic mass is 10.2. The van der Waals surface area contributed by atoms with Gasteiger partial charge in [0.15, 0.2) is 0 Å². The molecular weight excluding hydrogens is 355 g/mol. The van der Waals surface area contributed by atoms with Gasteiger partial charge in [0.1, 0.15) is 18.8 Å². The third kappa shape index (κ3) is 4.74. The zero-order valence-corrected chi connectivity index (χ0v) is 14.0. The molecule has 26 heavy (non-hydrogen) atoms. The SMILES string of the molecule is COc1ccc(C)cc1NC(=O)Cn1ccn(CC(F)(F)F)c(=O)c1=O. The first-order chi connectivity index (χ1) is 12.1. The lowest BCUT2D eigenvalue weighted by Gasteiger charge is -2.13. The maximum atomic E-state index is 12.4. The first kappa shape index (κ1) is 19.3. The zero-order chi connectivity index (χ0) is 19.5. The number of benzene rings is 1. The fourth-order valence-corrected chi connectivity index (χ4v) is 2.25. The van der Waals surface area contributed by atoms with Crippen LogP contribution in [0.3, 0.4) is 0 Å². The van der Waals surface area contributed by atoms with E-state index in [9.17, 15) is 27.6 Å². The minimum Gasteiger partial charge on any atom is -0.495 e. The Balaban J connectivity index is 2.20. The van der Waals surface area contributed by atoms with Gasteiger partial charge in [-0.1, -0.05) is 6.07 Å². The number of hydrogen-bond acceptors (Lipinski definition) is 4. The highest BCUT2D eigenvalue weighted by molar-refractivity contribution is 5.92. The van der Waals surface area contributed by atoms with Crippen molar-refractivity contribution in [1.82, 2.24) is 9.13 Å². The molecule has 0 unspecified atom stereocenters. The van der Waals surface area contributed by atoms with Crippen molar-refractivity contribution in [3.63, 3.8) is 0 Å². The molecule has 0 saturated carbocycles. The molecular formula is C16H16F3N3O4. The molecule has 140 valence electrons. The molecule has 0 fully saturated rings. The maximum Gasteiger partial charge on any atom is 0.406 e. The average molecular weight is 371 g/mol. The highest BCUT2D eigenvalue weighted by Crippen LogP contribution is 2.25. The van der Waals surface area contributed by atoms with E-state index in [1.165, 1.54) is 7.11 Å². The van der Waals surface area contributed by atoms with E-state index in [-0.39, 0.29) is 4.57 Å². The standard InChI is InChI=1S/C16H16F3N3O4/c1-10-3-4-12(26-2)11(7-10)20-13(23)8-21-5-6-22(9-16(17,18)19)15(25)14(21)24/h3-7H,8-9H2,1-2H3,(H,20,23). The van der Waals surface area contributed by atoms with E-state index in [1.54, 1.807) is 25.1 Å². The number of anilines is 1. The Kier molecular flexibility index (Phi) is 5.53. The van der Waals surface area contributed by atoms with Crippen LogP contribution in [0.25, 0.3) is 0 Å². The van der Waals surface area contributed by atoms with Crippen LogP contribution in [0.15, 0.2) is 40.2 Å². The van der Waals surface area contributed by atoms with Crippen LogP contribution in [-0.4, -0.2) is 28.3 Å². The number of carbonyl (C=O) groups excluding carboxylic acids is 1. The number of ether oxygens (including phenoxy) is 1. The molecule has 1 aromatic carbocycles. The summed E-state index contributed by atoms with van der Waals surface area (Å²) >= 11 is 0. The lowest BCUT2D eigenvalue weighted by Crippen LogP contribution is -2.43. The molecule has 7 nitrogen and oxygen atoms in total. The third-order valence-electron chi connectivity index (χ3n) is 3.42. The third-order valence-corrected chi connectivity index (χ3v) is 3.42. The number of amides is 1. The van der Waals surface area contributed by atoms with Crippen molar-refractivity contribution in [2.24, 2.45) is 0 Å². The zero-order valence-electron chi connectivity index (χ0n) is 14.0. The number of alkyl halides is 3. The summed E-state index contributed by atoms with van der Waals surface area (Å²) in [5.74, 6) is -0.235. The van der Waals surface area contributed by atoms with Gasteiger partial charge in [-0.2, -0.15) is 13.2 Å². The first-order valence-electron chi connectivity index (χ1n) is 7.42. The molecule has 0 aliphatic rings. The van der Waals surface area contributed by atoms with Crippen LogP contribution < -0.4 is 21.2 Å². The summed E-state index contributed by atoms with van der Waals surface area (Å²) in [5, 5.41) is 2.54. The molecule has 0 atom stereocenters. The van der Waals surface area contributed by atoms with Gasteiger partial charge in [-0.25, -0.2) is 0 Å². The van der Waals surface area contributed by atoms with Crippen LogP contribution in [0.4, 0.5) is 18.9 Å². The van der Waals surface area contributed by atoms with Crippen molar-refractivity contribution in [3.05, 3.63) is 56.9 Å². The Labute approximate surface area is 145 Å². The van der Waals surface area contributed by atoms with Crippen LogP contribution in [-0.2, 0) is 17.9 Å². The van der Waals surface area contributed by atoms with Gasteiger partial charge in [-0.05, 0) is 24.6 Å². The minimum atomic E-state index is -4.64. The molecule has 0 bridgehead atoms. The van der Waals surface area contributed by atoms with Crippen molar-refractivity contribution in [3.8, 4) is 5.75 Å². The molecule has 1 amide bonds. The second kappa shape index (κ2) is 7.46. The molecule has 0 aliphatic carbocycles. The Bertz CT molecular complexity index is 932. The molecule has 10 heteroatoms. The van der Waals surface area contributed by atoms with E-state index in [0.717, 1.165) is 22.5 Å². The van der Waals surface area contributed by atoms with E-state index >= 15 is 0 Å². The van der Waals surface area contributed by atoms with Gasteiger partial charge in [0, 0.05) is 12.4 Å². The smallest absolute Gasteiger partial charge is 0.406 e. The normalized spacial score (nSPS) is 11.3. The maximum absolute atomic E-state index is 12.4. The van der Waals surface area contributed by atoms with Gasteiger partial charge in [0.05, 0.1) is 12.8 Å². The Morgan fingerprint density at radius 1 is 1.15 bits per heavy atom. The quantitative estimate of drug-likeness (QED) is 0.808. The topological polar surface area (TPSA) is 82.3 Å². The van der Waals surface area contributed by atoms with E-state index < -0.39 is 36.3 Å². The number of aromatic nitrogens is 2. The van der Waals surface area contributed by atoms with Crippen LogP contribution in [0, 0.1) is 6.92 Å². The van der Waals surface area contributed by atoms with Gasteiger partial charge in [0.25, 0.3) is 0 Å². The number of nitrogens with zero attached hydrogens (tertiary/aromatic N) is 2. The summed E-state index contributed by atoms with van der Waals surface area (Å²) in [6, 6.07) is 5.08. The summed E-state index contributed by atoms with van der Waals surface area (Å²) in [7, 11) is 1.42. The van der Waals surface area contributed by atoms with Crippen molar-refractivity contribution in [2.75, 3.05) is 12.4 Å². The molecule has 1 N–H and O–H groups in total. The second-order valence-corrected chi connectivity index (χ2v) is 5.53. The summed E-state index contributed by atoms with van der Waals surface area (Å²) in [6.45, 7) is -0.299. The van der Waals surface area contributed by atoms with E-state index in [0.29, 0.717) is 11.4 Å². The van der Waals surface area contributed by atoms with Crippen molar-refractivity contribution in [2.45, 2.75) is 26.2 Å².